The molecule has 1 aromatic carbocycles. The number of allylic oxidation sites excluding steroid dienone is 1. The van der Waals surface area contributed by atoms with E-state index in [0.29, 0.717) is 28.7 Å². The van der Waals surface area contributed by atoms with Crippen LogP contribution < -0.4 is 16.1 Å². The second-order valence-electron chi connectivity index (χ2n) is 6.27. The molecule has 7 nitrogen and oxygen atoms in total. The highest BCUT2D eigenvalue weighted by Gasteiger charge is 2.26. The monoisotopic (exact) mass is 371 g/mol. The van der Waals surface area contributed by atoms with Gasteiger partial charge in [-0.15, -0.1) is 6.58 Å². The van der Waals surface area contributed by atoms with Gasteiger partial charge in [-0.1, -0.05) is 23.7 Å². The Morgan fingerprint density at radius 2 is 2.12 bits per heavy atom. The summed E-state index contributed by atoms with van der Waals surface area (Å²) in [7, 11) is 1.63. The summed E-state index contributed by atoms with van der Waals surface area (Å²) >= 11 is 6.13. The smallest absolute Gasteiger partial charge is 0.312 e. The summed E-state index contributed by atoms with van der Waals surface area (Å²) in [5.74, 6) is 0.650. The van der Waals surface area contributed by atoms with Crippen LogP contribution in [-0.2, 0) is 20.1 Å². The maximum atomic E-state index is 12.9. The number of fused-ring (bicyclic) bond motifs is 3. The molecule has 0 fully saturated rings. The molecule has 1 aliphatic heterocycles. The highest BCUT2D eigenvalue weighted by Crippen LogP contribution is 2.31. The first-order valence-corrected chi connectivity index (χ1v) is 8.75. The van der Waals surface area contributed by atoms with Crippen LogP contribution in [0, 0.1) is 0 Å². The first-order valence-electron chi connectivity index (χ1n) is 8.37. The Balaban J connectivity index is 2.01. The van der Waals surface area contributed by atoms with Gasteiger partial charge in [0.25, 0.3) is 5.56 Å². The Morgan fingerprint density at radius 1 is 1.31 bits per heavy atom. The van der Waals surface area contributed by atoms with Gasteiger partial charge in [-0.3, -0.25) is 13.9 Å². The molecule has 0 N–H and O–H groups in total. The summed E-state index contributed by atoms with van der Waals surface area (Å²) in [6.45, 7) is 5.23. The van der Waals surface area contributed by atoms with E-state index >= 15 is 0 Å². The second-order valence-corrected chi connectivity index (χ2v) is 6.70. The number of aromatic nitrogens is 4. The molecule has 26 heavy (non-hydrogen) atoms. The molecule has 1 aliphatic rings. The average Bonchev–Trinajstić information content (AvgIpc) is 3.03. The summed E-state index contributed by atoms with van der Waals surface area (Å²) < 4.78 is 4.49. The van der Waals surface area contributed by atoms with Crippen molar-refractivity contribution in [2.45, 2.75) is 19.5 Å². The van der Waals surface area contributed by atoms with E-state index in [2.05, 4.69) is 11.6 Å². The maximum Gasteiger partial charge on any atom is 0.332 e. The zero-order chi connectivity index (χ0) is 18.4. The minimum Gasteiger partial charge on any atom is -0.312 e. The van der Waals surface area contributed by atoms with E-state index in [1.807, 2.05) is 33.7 Å². The van der Waals surface area contributed by atoms with Crippen molar-refractivity contribution in [3.63, 3.8) is 0 Å². The molecule has 0 aliphatic carbocycles. The van der Waals surface area contributed by atoms with Gasteiger partial charge >= 0.3 is 5.69 Å². The maximum absolute atomic E-state index is 12.9. The van der Waals surface area contributed by atoms with Gasteiger partial charge in [-0.05, 0) is 24.6 Å². The van der Waals surface area contributed by atoms with Crippen LogP contribution in [0.3, 0.4) is 0 Å². The van der Waals surface area contributed by atoms with Gasteiger partial charge in [-0.25, -0.2) is 4.79 Å². The van der Waals surface area contributed by atoms with Gasteiger partial charge in [0.15, 0.2) is 11.2 Å². The lowest BCUT2D eigenvalue weighted by atomic mass is 10.2. The van der Waals surface area contributed by atoms with Crippen LogP contribution in [-0.4, -0.2) is 25.2 Å². The molecule has 8 heteroatoms. The molecular weight excluding hydrogens is 354 g/mol. The highest BCUT2D eigenvalue weighted by molar-refractivity contribution is 6.30. The highest BCUT2D eigenvalue weighted by atomic mass is 35.5. The standard InChI is InChI=1S/C18H18ClN5O2/c1-3-8-24-16(25)14-15(21(2)18(24)26)20-17-22(9-5-10-23(14)17)13-7-4-6-12(19)11-13/h3-4,6-7,11H,1,5,8-10H2,2H3. The molecule has 0 saturated carbocycles. The van der Waals surface area contributed by atoms with Crippen LogP contribution in [0.1, 0.15) is 6.42 Å². The van der Waals surface area contributed by atoms with Crippen molar-refractivity contribution in [2.75, 3.05) is 11.4 Å². The second kappa shape index (κ2) is 6.17. The van der Waals surface area contributed by atoms with Gasteiger partial charge in [0.1, 0.15) is 0 Å². The van der Waals surface area contributed by atoms with E-state index in [0.717, 1.165) is 18.7 Å². The van der Waals surface area contributed by atoms with Gasteiger partial charge in [0.05, 0.1) is 0 Å². The minimum absolute atomic E-state index is 0.167. The fourth-order valence-electron chi connectivity index (χ4n) is 3.44. The Morgan fingerprint density at radius 3 is 2.85 bits per heavy atom. The van der Waals surface area contributed by atoms with Crippen molar-refractivity contribution in [3.05, 3.63) is 62.8 Å². The zero-order valence-electron chi connectivity index (χ0n) is 14.4. The number of nitrogens with zero attached hydrogens (tertiary/aromatic N) is 5. The lowest BCUT2D eigenvalue weighted by Gasteiger charge is -2.29. The molecule has 0 spiro atoms. The molecule has 3 heterocycles. The quantitative estimate of drug-likeness (QED) is 0.662. The largest absolute Gasteiger partial charge is 0.332 e. The number of benzene rings is 1. The summed E-state index contributed by atoms with van der Waals surface area (Å²) in [6.07, 6.45) is 2.40. The molecule has 0 saturated heterocycles. The topological polar surface area (TPSA) is 65.1 Å². The molecule has 0 atom stereocenters. The number of hydrogen-bond acceptors (Lipinski definition) is 4. The first-order chi connectivity index (χ1) is 12.5. The average molecular weight is 372 g/mol. The number of anilines is 2. The van der Waals surface area contributed by atoms with E-state index in [1.54, 1.807) is 13.1 Å². The van der Waals surface area contributed by atoms with Crippen molar-refractivity contribution in [1.29, 1.82) is 0 Å². The third kappa shape index (κ3) is 2.39. The Kier molecular flexibility index (Phi) is 3.96. The van der Waals surface area contributed by atoms with Crippen LogP contribution in [0.5, 0.6) is 0 Å². The van der Waals surface area contributed by atoms with Crippen LogP contribution in [0.4, 0.5) is 11.6 Å². The van der Waals surface area contributed by atoms with Crippen LogP contribution in [0.25, 0.3) is 11.2 Å². The number of rotatable bonds is 3. The van der Waals surface area contributed by atoms with E-state index in [9.17, 15) is 9.59 Å². The molecule has 0 bridgehead atoms. The third-order valence-electron chi connectivity index (χ3n) is 4.65. The molecule has 0 unspecified atom stereocenters. The van der Waals surface area contributed by atoms with Crippen LogP contribution in [0.2, 0.25) is 5.02 Å². The van der Waals surface area contributed by atoms with Crippen molar-refractivity contribution >= 4 is 34.4 Å². The normalized spacial score (nSPS) is 13.8. The van der Waals surface area contributed by atoms with E-state index in [1.165, 1.54) is 9.13 Å². The Hall–Kier alpha value is -2.80. The molecule has 4 rings (SSSR count). The number of aryl methyl sites for hydroxylation is 2. The predicted molar refractivity (Wildman–Crippen MR) is 103 cm³/mol. The van der Waals surface area contributed by atoms with Crippen molar-refractivity contribution in [3.8, 4) is 0 Å². The summed E-state index contributed by atoms with van der Waals surface area (Å²) in [6, 6.07) is 7.52. The fourth-order valence-corrected chi connectivity index (χ4v) is 3.63. The molecular formula is C18H18ClN5O2. The van der Waals surface area contributed by atoms with E-state index in [4.69, 9.17) is 11.6 Å². The van der Waals surface area contributed by atoms with Gasteiger partial charge in [0, 0.05) is 37.4 Å². The molecule has 134 valence electrons. The molecule has 3 aromatic rings. The Bertz CT molecular complexity index is 1140. The Labute approximate surface area is 154 Å². The predicted octanol–water partition coefficient (Wildman–Crippen LogP) is 2.28. The van der Waals surface area contributed by atoms with Crippen LogP contribution >= 0.6 is 11.6 Å². The lowest BCUT2D eigenvalue weighted by Crippen LogP contribution is -2.39. The van der Waals surface area contributed by atoms with Crippen LogP contribution in [0.15, 0.2) is 46.5 Å². The summed E-state index contributed by atoms with van der Waals surface area (Å²) in [5.41, 5.74) is 1.01. The SMILES string of the molecule is C=CCn1c(=O)c2c(nc3n2CCCN3c2cccc(Cl)c2)n(C)c1=O. The van der Waals surface area contributed by atoms with Gasteiger partial charge < -0.3 is 9.47 Å². The van der Waals surface area contributed by atoms with Crippen molar-refractivity contribution < 1.29 is 0 Å². The lowest BCUT2D eigenvalue weighted by molar-refractivity contribution is 0.598. The number of hydrogen-bond donors (Lipinski definition) is 0. The van der Waals surface area contributed by atoms with E-state index < -0.39 is 5.69 Å². The van der Waals surface area contributed by atoms with Gasteiger partial charge in [-0.2, -0.15) is 4.98 Å². The first kappa shape index (κ1) is 16.7. The zero-order valence-corrected chi connectivity index (χ0v) is 15.1. The summed E-state index contributed by atoms with van der Waals surface area (Å²) in [5, 5.41) is 0.636. The fraction of sp³-hybridized carbons (Fsp3) is 0.278. The van der Waals surface area contributed by atoms with Gasteiger partial charge in [0.2, 0.25) is 5.95 Å². The molecule has 0 radical (unpaired) electrons. The van der Waals surface area contributed by atoms with E-state index in [-0.39, 0.29) is 12.1 Å². The summed E-state index contributed by atoms with van der Waals surface area (Å²) in [4.78, 5) is 32.1. The number of imidazole rings is 1. The number of halogens is 1. The van der Waals surface area contributed by atoms with Crippen molar-refractivity contribution in [1.82, 2.24) is 18.7 Å². The van der Waals surface area contributed by atoms with Crippen molar-refractivity contribution in [2.24, 2.45) is 7.05 Å². The minimum atomic E-state index is -0.396. The molecule has 0 amide bonds. The third-order valence-corrected chi connectivity index (χ3v) is 4.88. The molecule has 2 aromatic heterocycles.